The fourth-order valence-corrected chi connectivity index (χ4v) is 3.29. The Morgan fingerprint density at radius 2 is 1.89 bits per heavy atom. The Morgan fingerprint density at radius 3 is 2.61 bits per heavy atom. The van der Waals surface area contributed by atoms with Crippen LogP contribution in [0.4, 0.5) is 13.2 Å². The van der Waals surface area contributed by atoms with Gasteiger partial charge in [-0.3, -0.25) is 0 Å². The number of hydrogen-bond acceptors (Lipinski definition) is 2. The third kappa shape index (κ3) is 5.10. The van der Waals surface area contributed by atoms with E-state index in [9.17, 15) is 13.2 Å². The largest absolute Gasteiger partial charge is 0.456 e. The predicted molar refractivity (Wildman–Crippen MR) is 105 cm³/mol. The van der Waals surface area contributed by atoms with Gasteiger partial charge in [0.05, 0.1) is 5.56 Å². The van der Waals surface area contributed by atoms with E-state index >= 15 is 0 Å². The molecule has 0 saturated carbocycles. The molecule has 1 aliphatic rings. The normalized spacial score (nSPS) is 16.9. The van der Waals surface area contributed by atoms with Gasteiger partial charge in [0.1, 0.15) is 17.0 Å². The van der Waals surface area contributed by atoms with E-state index in [1.54, 1.807) is 18.4 Å². The number of allylic oxidation sites excluding steroid dienone is 1. The summed E-state index contributed by atoms with van der Waals surface area (Å²) in [5.74, 6) is 0.574. The minimum atomic E-state index is -4.41. The number of rotatable bonds is 5. The van der Waals surface area contributed by atoms with Gasteiger partial charge in [-0.1, -0.05) is 41.4 Å². The minimum absolute atomic E-state index is 0.132. The summed E-state index contributed by atoms with van der Waals surface area (Å²) in [6.45, 7) is 4.80. The first-order chi connectivity index (χ1) is 13.2. The lowest BCUT2D eigenvalue weighted by molar-refractivity contribution is -0.137. The van der Waals surface area contributed by atoms with Crippen LogP contribution in [0.5, 0.6) is 5.75 Å². The van der Waals surface area contributed by atoms with Crippen LogP contribution < -0.4 is 4.74 Å². The number of benzene rings is 2. The number of aryl methyl sites for hydroxylation is 2. The van der Waals surface area contributed by atoms with Gasteiger partial charge in [0, 0.05) is 12.7 Å². The molecule has 0 saturated heterocycles. The standard InChI is InChI=1S/C22H21ClF3NO/c1-15-6-7-17(16(2)12-15)10-11-27-14-20(8-9-21(27)23)28-19-5-3-4-18(13-19)22(24,25)26/h3-9,12-14,21H,10-11H2,1-2H3. The quantitative estimate of drug-likeness (QED) is 0.431. The molecule has 2 aromatic carbocycles. The van der Waals surface area contributed by atoms with Gasteiger partial charge in [-0.25, -0.2) is 0 Å². The lowest BCUT2D eigenvalue weighted by atomic mass is 10.0. The molecular weight excluding hydrogens is 387 g/mol. The Kier molecular flexibility index (Phi) is 6.04. The van der Waals surface area contributed by atoms with Crippen LogP contribution in [0, 0.1) is 13.8 Å². The van der Waals surface area contributed by atoms with Crippen molar-refractivity contribution in [2.75, 3.05) is 6.54 Å². The zero-order chi connectivity index (χ0) is 20.3. The van der Waals surface area contributed by atoms with Gasteiger partial charge in [0.2, 0.25) is 0 Å². The van der Waals surface area contributed by atoms with Crippen LogP contribution in [0.25, 0.3) is 0 Å². The summed E-state index contributed by atoms with van der Waals surface area (Å²) < 4.78 is 44.2. The van der Waals surface area contributed by atoms with Crippen LogP contribution in [0.2, 0.25) is 0 Å². The molecule has 28 heavy (non-hydrogen) atoms. The maximum atomic E-state index is 12.9. The highest BCUT2D eigenvalue weighted by molar-refractivity contribution is 6.21. The molecule has 0 aliphatic carbocycles. The van der Waals surface area contributed by atoms with Crippen molar-refractivity contribution in [1.82, 2.24) is 4.90 Å². The number of nitrogens with zero attached hydrogens (tertiary/aromatic N) is 1. The van der Waals surface area contributed by atoms with Crippen LogP contribution in [0.15, 0.2) is 66.6 Å². The van der Waals surface area contributed by atoms with E-state index in [0.717, 1.165) is 18.6 Å². The van der Waals surface area contributed by atoms with Crippen molar-refractivity contribution in [1.29, 1.82) is 0 Å². The molecule has 2 aromatic rings. The summed E-state index contributed by atoms with van der Waals surface area (Å²) in [5, 5.41) is 0. The lowest BCUT2D eigenvalue weighted by Crippen LogP contribution is -2.30. The van der Waals surface area contributed by atoms with Crippen molar-refractivity contribution in [2.45, 2.75) is 31.9 Å². The summed E-state index contributed by atoms with van der Waals surface area (Å²) in [6.07, 6.45) is 1.56. The van der Waals surface area contributed by atoms with E-state index in [-0.39, 0.29) is 11.3 Å². The van der Waals surface area contributed by atoms with Crippen LogP contribution in [0.1, 0.15) is 22.3 Å². The number of halogens is 4. The monoisotopic (exact) mass is 407 g/mol. The molecule has 1 heterocycles. The average molecular weight is 408 g/mol. The fraction of sp³-hybridized carbons (Fsp3) is 0.273. The first-order valence-electron chi connectivity index (χ1n) is 8.93. The number of ether oxygens (including phenoxy) is 1. The Morgan fingerprint density at radius 1 is 1.11 bits per heavy atom. The highest BCUT2D eigenvalue weighted by Gasteiger charge is 2.30. The van der Waals surface area contributed by atoms with E-state index in [1.165, 1.54) is 28.8 Å². The van der Waals surface area contributed by atoms with E-state index in [4.69, 9.17) is 16.3 Å². The Hall–Kier alpha value is -2.40. The third-order valence-electron chi connectivity index (χ3n) is 4.56. The highest BCUT2D eigenvalue weighted by atomic mass is 35.5. The summed E-state index contributed by atoms with van der Waals surface area (Å²) in [5.41, 5.74) is 2.60. The molecule has 0 fully saturated rings. The topological polar surface area (TPSA) is 12.5 Å². The molecule has 1 aliphatic heterocycles. The van der Waals surface area contributed by atoms with Crippen molar-refractivity contribution < 1.29 is 17.9 Å². The molecule has 0 aromatic heterocycles. The molecule has 0 bridgehead atoms. The number of hydrogen-bond donors (Lipinski definition) is 0. The second kappa shape index (κ2) is 8.31. The SMILES string of the molecule is Cc1ccc(CCN2C=C(Oc3cccc(C(F)(F)F)c3)C=CC2Cl)c(C)c1. The van der Waals surface area contributed by atoms with E-state index < -0.39 is 11.7 Å². The molecule has 0 N–H and O–H groups in total. The third-order valence-corrected chi connectivity index (χ3v) is 4.96. The van der Waals surface area contributed by atoms with Gasteiger partial charge in [0.25, 0.3) is 0 Å². The van der Waals surface area contributed by atoms with Gasteiger partial charge < -0.3 is 9.64 Å². The van der Waals surface area contributed by atoms with Crippen molar-refractivity contribution in [2.24, 2.45) is 0 Å². The first-order valence-corrected chi connectivity index (χ1v) is 9.37. The molecule has 1 unspecified atom stereocenters. The Balaban J connectivity index is 1.70. The van der Waals surface area contributed by atoms with Crippen molar-refractivity contribution >= 4 is 11.6 Å². The summed E-state index contributed by atoms with van der Waals surface area (Å²) in [7, 11) is 0. The van der Waals surface area contributed by atoms with E-state index in [1.807, 2.05) is 4.90 Å². The summed E-state index contributed by atoms with van der Waals surface area (Å²) in [4.78, 5) is 1.91. The molecule has 0 amide bonds. The molecule has 148 valence electrons. The Labute approximate surface area is 167 Å². The van der Waals surface area contributed by atoms with E-state index in [0.29, 0.717) is 12.3 Å². The van der Waals surface area contributed by atoms with Gasteiger partial charge in [-0.05, 0) is 61.7 Å². The van der Waals surface area contributed by atoms with Crippen LogP contribution in [-0.4, -0.2) is 16.9 Å². The first kappa shape index (κ1) is 20.3. The van der Waals surface area contributed by atoms with E-state index in [2.05, 4.69) is 32.0 Å². The summed E-state index contributed by atoms with van der Waals surface area (Å²) in [6, 6.07) is 11.2. The van der Waals surface area contributed by atoms with Crippen LogP contribution in [-0.2, 0) is 12.6 Å². The zero-order valence-electron chi connectivity index (χ0n) is 15.6. The van der Waals surface area contributed by atoms with Gasteiger partial charge in [0.15, 0.2) is 0 Å². The highest BCUT2D eigenvalue weighted by Crippen LogP contribution is 2.32. The van der Waals surface area contributed by atoms with Crippen molar-refractivity contribution in [3.8, 4) is 5.75 Å². The second-order valence-corrected chi connectivity index (χ2v) is 7.26. The molecular formula is C22H21ClF3NO. The second-order valence-electron chi connectivity index (χ2n) is 6.81. The fourth-order valence-electron chi connectivity index (χ4n) is 3.06. The maximum Gasteiger partial charge on any atom is 0.416 e. The molecule has 0 spiro atoms. The molecule has 1 atom stereocenters. The van der Waals surface area contributed by atoms with Crippen molar-refractivity contribution in [3.05, 3.63) is 88.8 Å². The average Bonchev–Trinajstić information content (AvgIpc) is 2.63. The van der Waals surface area contributed by atoms with Gasteiger partial charge in [-0.2, -0.15) is 13.2 Å². The predicted octanol–water partition coefficient (Wildman–Crippen LogP) is 6.22. The van der Waals surface area contributed by atoms with Crippen LogP contribution >= 0.6 is 11.6 Å². The molecule has 0 radical (unpaired) electrons. The van der Waals surface area contributed by atoms with Crippen molar-refractivity contribution in [3.63, 3.8) is 0 Å². The number of alkyl halides is 4. The lowest BCUT2D eigenvalue weighted by Gasteiger charge is -2.28. The van der Waals surface area contributed by atoms with Crippen LogP contribution in [0.3, 0.4) is 0 Å². The molecule has 6 heteroatoms. The maximum absolute atomic E-state index is 12.9. The molecule has 3 rings (SSSR count). The van der Waals surface area contributed by atoms with Gasteiger partial charge in [-0.15, -0.1) is 0 Å². The zero-order valence-corrected chi connectivity index (χ0v) is 16.4. The molecule has 2 nitrogen and oxygen atoms in total. The minimum Gasteiger partial charge on any atom is -0.456 e. The van der Waals surface area contributed by atoms with Gasteiger partial charge >= 0.3 is 6.18 Å². The smallest absolute Gasteiger partial charge is 0.416 e. The summed E-state index contributed by atoms with van der Waals surface area (Å²) >= 11 is 6.36. The Bertz CT molecular complexity index is 905.